The molecule has 0 spiro atoms. The van der Waals surface area contributed by atoms with Crippen molar-refractivity contribution in [2.24, 2.45) is 12.0 Å². The van der Waals surface area contributed by atoms with Crippen LogP contribution in [0, 0.1) is 0 Å². The van der Waals surface area contributed by atoms with E-state index in [2.05, 4.69) is 39.4 Å². The van der Waals surface area contributed by atoms with Crippen LogP contribution in [0.15, 0.2) is 17.4 Å². The smallest absolute Gasteiger partial charge is 0.191 e. The van der Waals surface area contributed by atoms with Gasteiger partial charge in [-0.1, -0.05) is 0 Å². The van der Waals surface area contributed by atoms with Gasteiger partial charge in [-0.25, -0.2) is 4.98 Å². The lowest BCUT2D eigenvalue weighted by Gasteiger charge is -2.35. The zero-order valence-electron chi connectivity index (χ0n) is 14.0. The molecule has 6 nitrogen and oxygen atoms in total. The number of guanidine groups is 1. The van der Waals surface area contributed by atoms with E-state index in [9.17, 15) is 0 Å². The summed E-state index contributed by atoms with van der Waals surface area (Å²) in [4.78, 5) is 11.1. The normalized spacial score (nSPS) is 17.4. The van der Waals surface area contributed by atoms with Crippen molar-refractivity contribution >= 4 is 29.9 Å². The van der Waals surface area contributed by atoms with E-state index in [1.54, 1.807) is 0 Å². The molecule has 0 aromatic carbocycles. The zero-order chi connectivity index (χ0) is 15.2. The Morgan fingerprint density at radius 1 is 1.41 bits per heavy atom. The first-order chi connectivity index (χ1) is 10.1. The molecule has 22 heavy (non-hydrogen) atoms. The summed E-state index contributed by atoms with van der Waals surface area (Å²) in [6.07, 6.45) is 6.10. The highest BCUT2D eigenvalue weighted by atomic mass is 127. The average molecular weight is 420 g/mol. The third kappa shape index (κ3) is 5.42. The van der Waals surface area contributed by atoms with Crippen molar-refractivity contribution in [2.75, 3.05) is 20.1 Å². The van der Waals surface area contributed by atoms with E-state index >= 15 is 0 Å². The maximum absolute atomic E-state index is 4.31. The first kappa shape index (κ1) is 19.2. The molecule has 0 aliphatic carbocycles. The molecule has 0 bridgehead atoms. The van der Waals surface area contributed by atoms with E-state index in [1.165, 1.54) is 12.8 Å². The molecule has 1 aliphatic rings. The van der Waals surface area contributed by atoms with Gasteiger partial charge in [-0.2, -0.15) is 0 Å². The Bertz CT molecular complexity index is 462. The molecular formula is C15H29IN6. The van der Waals surface area contributed by atoms with E-state index in [1.807, 2.05) is 31.1 Å². The minimum Gasteiger partial charge on any atom is -0.354 e. The van der Waals surface area contributed by atoms with E-state index in [-0.39, 0.29) is 24.0 Å². The lowest BCUT2D eigenvalue weighted by atomic mass is 10.0. The average Bonchev–Trinajstić information content (AvgIpc) is 2.89. The van der Waals surface area contributed by atoms with Crippen molar-refractivity contribution in [3.8, 4) is 0 Å². The number of hydrogen-bond acceptors (Lipinski definition) is 3. The number of nitrogens with one attached hydrogen (secondary N) is 2. The fraction of sp³-hybridized carbons (Fsp3) is 0.733. The summed E-state index contributed by atoms with van der Waals surface area (Å²) in [5.74, 6) is 1.87. The lowest BCUT2D eigenvalue weighted by Crippen LogP contribution is -2.49. The number of rotatable bonds is 4. The standard InChI is InChI=1S/C15H28N6.HI/c1-12(2)21-8-5-13(6-9-21)19-15(16-3)18-11-14-17-7-10-20(14)4;/h7,10,12-13H,5-6,8-9,11H2,1-4H3,(H2,16,18,19);1H. The molecule has 0 radical (unpaired) electrons. The number of aromatic nitrogens is 2. The van der Waals surface area contributed by atoms with Crippen LogP contribution in [0.2, 0.25) is 0 Å². The van der Waals surface area contributed by atoms with E-state index in [4.69, 9.17) is 0 Å². The summed E-state index contributed by atoms with van der Waals surface area (Å²) in [6.45, 7) is 7.54. The Balaban J connectivity index is 0.00000242. The second kappa shape index (κ2) is 9.34. The third-order valence-electron chi connectivity index (χ3n) is 4.16. The molecule has 0 amide bonds. The first-order valence-electron chi connectivity index (χ1n) is 7.77. The number of hydrogen-bond donors (Lipinski definition) is 2. The Labute approximate surface area is 150 Å². The summed E-state index contributed by atoms with van der Waals surface area (Å²) in [7, 11) is 3.82. The molecule has 2 rings (SSSR count). The van der Waals surface area contributed by atoms with Gasteiger partial charge in [0, 0.05) is 51.7 Å². The minimum atomic E-state index is 0. The molecule has 0 unspecified atom stereocenters. The predicted octanol–water partition coefficient (Wildman–Crippen LogP) is 1.58. The molecule has 2 N–H and O–H groups in total. The van der Waals surface area contributed by atoms with Crippen molar-refractivity contribution in [1.29, 1.82) is 0 Å². The molecule has 7 heteroatoms. The molecule has 0 saturated carbocycles. The molecular weight excluding hydrogens is 391 g/mol. The van der Waals surface area contributed by atoms with Gasteiger partial charge < -0.3 is 20.1 Å². The summed E-state index contributed by atoms with van der Waals surface area (Å²) in [6, 6.07) is 1.15. The lowest BCUT2D eigenvalue weighted by molar-refractivity contribution is 0.167. The fourth-order valence-electron chi connectivity index (χ4n) is 2.68. The summed E-state index contributed by atoms with van der Waals surface area (Å²) in [5, 5.41) is 6.86. The number of aliphatic imine (C=N–C) groups is 1. The van der Waals surface area contributed by atoms with Crippen LogP contribution in [-0.2, 0) is 13.6 Å². The topological polar surface area (TPSA) is 57.5 Å². The van der Waals surface area contributed by atoms with Crippen LogP contribution in [-0.4, -0.2) is 52.6 Å². The van der Waals surface area contributed by atoms with Gasteiger partial charge in [0.1, 0.15) is 5.82 Å². The van der Waals surface area contributed by atoms with Gasteiger partial charge in [-0.15, -0.1) is 24.0 Å². The van der Waals surface area contributed by atoms with Crippen molar-refractivity contribution in [3.05, 3.63) is 18.2 Å². The number of aryl methyl sites for hydroxylation is 1. The molecule has 1 fully saturated rings. The van der Waals surface area contributed by atoms with Gasteiger partial charge in [-0.3, -0.25) is 4.99 Å². The largest absolute Gasteiger partial charge is 0.354 e. The van der Waals surface area contributed by atoms with Gasteiger partial charge in [0.05, 0.1) is 6.54 Å². The van der Waals surface area contributed by atoms with E-state index in [0.717, 1.165) is 24.9 Å². The van der Waals surface area contributed by atoms with Crippen LogP contribution in [0.25, 0.3) is 0 Å². The van der Waals surface area contributed by atoms with Crippen molar-refractivity contribution in [1.82, 2.24) is 25.1 Å². The fourth-order valence-corrected chi connectivity index (χ4v) is 2.68. The maximum Gasteiger partial charge on any atom is 0.191 e. The van der Waals surface area contributed by atoms with Crippen LogP contribution in [0.5, 0.6) is 0 Å². The Morgan fingerprint density at radius 3 is 2.59 bits per heavy atom. The van der Waals surface area contributed by atoms with Gasteiger partial charge in [0.15, 0.2) is 5.96 Å². The molecule has 0 atom stereocenters. The molecule has 1 aliphatic heterocycles. The molecule has 1 aromatic rings. The summed E-state index contributed by atoms with van der Waals surface area (Å²) >= 11 is 0. The van der Waals surface area contributed by atoms with E-state index in [0.29, 0.717) is 18.6 Å². The number of likely N-dealkylation sites (tertiary alicyclic amines) is 1. The highest BCUT2D eigenvalue weighted by Gasteiger charge is 2.21. The Morgan fingerprint density at radius 2 is 2.09 bits per heavy atom. The second-order valence-electron chi connectivity index (χ2n) is 5.93. The van der Waals surface area contributed by atoms with Gasteiger partial charge >= 0.3 is 0 Å². The van der Waals surface area contributed by atoms with Crippen LogP contribution in [0.3, 0.4) is 0 Å². The monoisotopic (exact) mass is 420 g/mol. The number of halogens is 1. The molecule has 1 aromatic heterocycles. The van der Waals surface area contributed by atoms with Crippen LogP contribution in [0.1, 0.15) is 32.5 Å². The Kier molecular flexibility index (Phi) is 8.16. The first-order valence-corrected chi connectivity index (χ1v) is 7.77. The maximum atomic E-state index is 4.31. The Hall–Kier alpha value is -0.830. The van der Waals surface area contributed by atoms with Crippen LogP contribution in [0.4, 0.5) is 0 Å². The van der Waals surface area contributed by atoms with Gasteiger partial charge in [0.2, 0.25) is 0 Å². The quantitative estimate of drug-likeness (QED) is 0.441. The van der Waals surface area contributed by atoms with Crippen LogP contribution >= 0.6 is 24.0 Å². The summed E-state index contributed by atoms with van der Waals surface area (Å²) < 4.78 is 2.02. The van der Waals surface area contributed by atoms with Crippen LogP contribution < -0.4 is 10.6 Å². The van der Waals surface area contributed by atoms with E-state index < -0.39 is 0 Å². The highest BCUT2D eigenvalue weighted by molar-refractivity contribution is 14.0. The molecule has 1 saturated heterocycles. The number of nitrogens with zero attached hydrogens (tertiary/aromatic N) is 4. The number of piperidine rings is 1. The molecule has 2 heterocycles. The second-order valence-corrected chi connectivity index (χ2v) is 5.93. The SMILES string of the molecule is CN=C(NCc1nccn1C)NC1CCN(C(C)C)CC1.I. The third-order valence-corrected chi connectivity index (χ3v) is 4.16. The van der Waals surface area contributed by atoms with Crippen molar-refractivity contribution in [3.63, 3.8) is 0 Å². The molecule has 126 valence electrons. The van der Waals surface area contributed by atoms with Crippen molar-refractivity contribution in [2.45, 2.75) is 45.3 Å². The predicted molar refractivity (Wildman–Crippen MR) is 102 cm³/mol. The zero-order valence-corrected chi connectivity index (χ0v) is 16.4. The number of imidazole rings is 1. The van der Waals surface area contributed by atoms with Gasteiger partial charge in [-0.05, 0) is 26.7 Å². The van der Waals surface area contributed by atoms with Gasteiger partial charge in [0.25, 0.3) is 0 Å². The highest BCUT2D eigenvalue weighted by Crippen LogP contribution is 2.12. The van der Waals surface area contributed by atoms with Crippen molar-refractivity contribution < 1.29 is 0 Å². The minimum absolute atomic E-state index is 0. The summed E-state index contributed by atoms with van der Waals surface area (Å²) in [5.41, 5.74) is 0.